The van der Waals surface area contributed by atoms with Gasteiger partial charge in [0, 0.05) is 40.0 Å². The highest BCUT2D eigenvalue weighted by atomic mass is 19.1. The molecule has 0 unspecified atom stereocenters. The van der Waals surface area contributed by atoms with E-state index in [0.29, 0.717) is 5.39 Å². The number of H-pyrrole nitrogens is 1. The molecule has 2 aromatic heterocycles. The fraction of sp³-hybridized carbons (Fsp3) is 0.176. The molecule has 0 aliphatic heterocycles. The number of benzene rings is 1. The molecular weight excluding hydrogens is 299 g/mol. The van der Waals surface area contributed by atoms with Crippen LogP contribution < -0.4 is 5.56 Å². The minimum absolute atomic E-state index is 0.0355. The summed E-state index contributed by atoms with van der Waals surface area (Å²) in [5.74, 6) is -0.749. The number of halogens is 1. The first kappa shape index (κ1) is 15.0. The first-order valence-electron chi connectivity index (χ1n) is 7.05. The Balaban J connectivity index is 2.30. The van der Waals surface area contributed by atoms with E-state index in [4.69, 9.17) is 4.74 Å². The molecule has 3 rings (SSSR count). The van der Waals surface area contributed by atoms with Crippen LogP contribution in [-0.2, 0) is 16.1 Å². The van der Waals surface area contributed by atoms with Crippen LogP contribution in [-0.4, -0.2) is 22.6 Å². The molecule has 0 aliphatic rings. The summed E-state index contributed by atoms with van der Waals surface area (Å²) in [5.41, 5.74) is 2.84. The van der Waals surface area contributed by atoms with Crippen LogP contribution in [0.3, 0.4) is 0 Å². The van der Waals surface area contributed by atoms with Gasteiger partial charge in [0.25, 0.3) is 0 Å². The van der Waals surface area contributed by atoms with Gasteiger partial charge in [-0.15, -0.1) is 0 Å². The summed E-state index contributed by atoms with van der Waals surface area (Å²) >= 11 is 0. The van der Waals surface area contributed by atoms with Gasteiger partial charge < -0.3 is 14.3 Å². The lowest BCUT2D eigenvalue weighted by Gasteiger charge is -2.07. The standard InChI is InChI=1S/C17H15FN2O3/c1-10-17(11-3-6-15(21)19-8-11)13-7-12(18)4-5-14(13)20(10)9-16(22)23-2/h3-8H,9H2,1-2H3,(H,19,21). The van der Waals surface area contributed by atoms with Gasteiger partial charge in [-0.05, 0) is 31.2 Å². The topological polar surface area (TPSA) is 64.1 Å². The molecule has 0 saturated carbocycles. The highest BCUT2D eigenvalue weighted by molar-refractivity contribution is 5.98. The van der Waals surface area contributed by atoms with Crippen molar-refractivity contribution in [2.24, 2.45) is 0 Å². The Morgan fingerprint density at radius 3 is 2.74 bits per heavy atom. The molecule has 0 saturated heterocycles. The Bertz CT molecular complexity index is 936. The third-order valence-corrected chi connectivity index (χ3v) is 3.87. The minimum Gasteiger partial charge on any atom is -0.468 e. The first-order chi connectivity index (χ1) is 11.0. The van der Waals surface area contributed by atoms with E-state index in [1.165, 1.54) is 25.3 Å². The Kier molecular flexibility index (Phi) is 3.73. The smallest absolute Gasteiger partial charge is 0.325 e. The van der Waals surface area contributed by atoms with E-state index in [1.54, 1.807) is 22.9 Å². The Hall–Kier alpha value is -2.89. The lowest BCUT2D eigenvalue weighted by Crippen LogP contribution is -2.12. The number of carbonyl (C=O) groups is 1. The number of fused-ring (bicyclic) bond motifs is 1. The van der Waals surface area contributed by atoms with Crippen LogP contribution in [0.5, 0.6) is 0 Å². The van der Waals surface area contributed by atoms with Gasteiger partial charge in [-0.2, -0.15) is 0 Å². The largest absolute Gasteiger partial charge is 0.468 e. The maximum Gasteiger partial charge on any atom is 0.325 e. The fourth-order valence-electron chi connectivity index (χ4n) is 2.78. The summed E-state index contributed by atoms with van der Waals surface area (Å²) in [7, 11) is 1.33. The number of aromatic amines is 1. The monoisotopic (exact) mass is 314 g/mol. The number of aromatic nitrogens is 2. The number of ether oxygens (including phenoxy) is 1. The molecule has 2 heterocycles. The van der Waals surface area contributed by atoms with E-state index in [0.717, 1.165) is 22.3 Å². The number of nitrogens with zero attached hydrogens (tertiary/aromatic N) is 1. The summed E-state index contributed by atoms with van der Waals surface area (Å²) in [6.07, 6.45) is 1.58. The highest BCUT2D eigenvalue weighted by Crippen LogP contribution is 2.34. The molecule has 1 aromatic carbocycles. The van der Waals surface area contributed by atoms with Crippen LogP contribution in [0, 0.1) is 12.7 Å². The van der Waals surface area contributed by atoms with E-state index >= 15 is 0 Å². The minimum atomic E-state index is -0.387. The molecule has 5 nitrogen and oxygen atoms in total. The van der Waals surface area contributed by atoms with Crippen molar-refractivity contribution in [1.29, 1.82) is 0 Å². The van der Waals surface area contributed by atoms with Gasteiger partial charge in [-0.3, -0.25) is 9.59 Å². The molecule has 0 radical (unpaired) electrons. The Morgan fingerprint density at radius 1 is 1.30 bits per heavy atom. The number of nitrogens with one attached hydrogen (secondary N) is 1. The third kappa shape index (κ3) is 2.63. The number of esters is 1. The van der Waals surface area contributed by atoms with Gasteiger partial charge in [-0.1, -0.05) is 0 Å². The van der Waals surface area contributed by atoms with Crippen LogP contribution in [0.1, 0.15) is 5.69 Å². The van der Waals surface area contributed by atoms with Crippen molar-refractivity contribution in [3.05, 3.63) is 58.4 Å². The van der Waals surface area contributed by atoms with Gasteiger partial charge in [-0.25, -0.2) is 4.39 Å². The number of rotatable bonds is 3. The molecule has 3 aromatic rings. The average molecular weight is 314 g/mol. The second-order valence-electron chi connectivity index (χ2n) is 5.23. The maximum absolute atomic E-state index is 13.7. The zero-order valence-corrected chi connectivity index (χ0v) is 12.7. The molecule has 0 spiro atoms. The first-order valence-corrected chi connectivity index (χ1v) is 7.05. The Labute approximate surface area is 131 Å². The highest BCUT2D eigenvalue weighted by Gasteiger charge is 2.18. The second kappa shape index (κ2) is 5.72. The van der Waals surface area contributed by atoms with E-state index < -0.39 is 0 Å². The van der Waals surface area contributed by atoms with Crippen LogP contribution >= 0.6 is 0 Å². The van der Waals surface area contributed by atoms with Crippen LogP contribution in [0.15, 0.2) is 41.3 Å². The van der Waals surface area contributed by atoms with E-state index in [1.807, 2.05) is 6.92 Å². The van der Waals surface area contributed by atoms with Crippen molar-refractivity contribution in [2.45, 2.75) is 13.5 Å². The van der Waals surface area contributed by atoms with Crippen molar-refractivity contribution in [1.82, 2.24) is 9.55 Å². The van der Waals surface area contributed by atoms with Gasteiger partial charge in [0.1, 0.15) is 12.4 Å². The van der Waals surface area contributed by atoms with Crippen molar-refractivity contribution in [3.63, 3.8) is 0 Å². The van der Waals surface area contributed by atoms with Crippen molar-refractivity contribution < 1.29 is 13.9 Å². The van der Waals surface area contributed by atoms with Crippen LogP contribution in [0.4, 0.5) is 4.39 Å². The lowest BCUT2D eigenvalue weighted by atomic mass is 10.0. The van der Waals surface area contributed by atoms with Gasteiger partial charge in [0.2, 0.25) is 5.56 Å². The van der Waals surface area contributed by atoms with Crippen molar-refractivity contribution in [3.8, 4) is 11.1 Å². The van der Waals surface area contributed by atoms with Gasteiger partial charge in [0.05, 0.1) is 7.11 Å². The molecule has 6 heteroatoms. The molecule has 0 atom stereocenters. The van der Waals surface area contributed by atoms with E-state index in [9.17, 15) is 14.0 Å². The summed E-state index contributed by atoms with van der Waals surface area (Å²) in [6, 6.07) is 7.50. The lowest BCUT2D eigenvalue weighted by molar-refractivity contribution is -0.141. The van der Waals surface area contributed by atoms with Crippen molar-refractivity contribution in [2.75, 3.05) is 7.11 Å². The van der Waals surface area contributed by atoms with E-state index in [2.05, 4.69) is 4.98 Å². The van der Waals surface area contributed by atoms with E-state index in [-0.39, 0.29) is 23.9 Å². The SMILES string of the molecule is COC(=O)Cn1c(C)c(-c2ccc(=O)[nH]c2)c2cc(F)ccc21. The van der Waals surface area contributed by atoms with Crippen LogP contribution in [0.25, 0.3) is 22.0 Å². The molecule has 0 amide bonds. The second-order valence-corrected chi connectivity index (χ2v) is 5.23. The summed E-state index contributed by atoms with van der Waals surface area (Å²) in [6.45, 7) is 1.88. The fourth-order valence-corrected chi connectivity index (χ4v) is 2.78. The quantitative estimate of drug-likeness (QED) is 0.756. The summed E-state index contributed by atoms with van der Waals surface area (Å²) in [5, 5.41) is 0.679. The molecular formula is C17H15FN2O3. The Morgan fingerprint density at radius 2 is 2.09 bits per heavy atom. The number of hydrogen-bond acceptors (Lipinski definition) is 3. The molecule has 1 N–H and O–H groups in total. The molecule has 0 fully saturated rings. The predicted molar refractivity (Wildman–Crippen MR) is 84.7 cm³/mol. The van der Waals surface area contributed by atoms with Crippen LogP contribution in [0.2, 0.25) is 0 Å². The maximum atomic E-state index is 13.7. The number of methoxy groups -OCH3 is 1. The number of pyridine rings is 1. The zero-order chi connectivity index (χ0) is 16.6. The normalized spacial score (nSPS) is 10.9. The number of carbonyl (C=O) groups excluding carboxylic acids is 1. The number of hydrogen-bond donors (Lipinski definition) is 1. The third-order valence-electron chi connectivity index (χ3n) is 3.87. The summed E-state index contributed by atoms with van der Waals surface area (Å²) < 4.78 is 20.2. The molecule has 0 aliphatic carbocycles. The van der Waals surface area contributed by atoms with Gasteiger partial charge in [0.15, 0.2) is 0 Å². The predicted octanol–water partition coefficient (Wildman–Crippen LogP) is 2.62. The van der Waals surface area contributed by atoms with Gasteiger partial charge >= 0.3 is 5.97 Å². The zero-order valence-electron chi connectivity index (χ0n) is 12.7. The van der Waals surface area contributed by atoms with Crippen molar-refractivity contribution >= 4 is 16.9 Å². The molecule has 0 bridgehead atoms. The molecule has 118 valence electrons. The summed E-state index contributed by atoms with van der Waals surface area (Å²) in [4.78, 5) is 25.5. The molecule has 23 heavy (non-hydrogen) atoms. The average Bonchev–Trinajstić information content (AvgIpc) is 2.80.